The van der Waals surface area contributed by atoms with Crippen molar-refractivity contribution in [3.05, 3.63) is 12.2 Å². The first-order chi connectivity index (χ1) is 6.07. The molecule has 5 nitrogen and oxygen atoms in total. The molecule has 0 saturated carbocycles. The number of primary amides is 1. The molecule has 0 aromatic rings. The van der Waals surface area contributed by atoms with Crippen molar-refractivity contribution in [3.8, 4) is 0 Å². The topological polar surface area (TPSA) is 89.6 Å². The quantitative estimate of drug-likeness (QED) is 0.328. The zero-order valence-electron chi connectivity index (χ0n) is 7.28. The summed E-state index contributed by atoms with van der Waals surface area (Å²) >= 11 is 0. The zero-order chi connectivity index (χ0) is 10.3. The first-order valence-corrected chi connectivity index (χ1v) is 3.82. The molecule has 0 aliphatic rings. The molecule has 0 radical (unpaired) electrons. The number of carbonyl (C=O) groups excluding carboxylic acids is 2. The molecule has 0 heterocycles. The normalized spacial score (nSPS) is 9.31. The van der Waals surface area contributed by atoms with Crippen molar-refractivity contribution in [2.45, 2.75) is 12.8 Å². The third kappa shape index (κ3) is 5.86. The Balaban J connectivity index is 3.70. The van der Waals surface area contributed by atoms with Gasteiger partial charge in [0.1, 0.15) is 0 Å². The summed E-state index contributed by atoms with van der Waals surface area (Å²) in [5, 5.41) is 8.38. The summed E-state index contributed by atoms with van der Waals surface area (Å²) in [6, 6.07) is 0. The second-order valence-corrected chi connectivity index (χ2v) is 2.46. The average Bonchev–Trinajstić information content (AvgIpc) is 2.03. The fourth-order valence-corrected chi connectivity index (χ4v) is 0.614. The Kier molecular flexibility index (Phi) is 5.54. The van der Waals surface area contributed by atoms with Crippen molar-refractivity contribution in [2.24, 2.45) is 5.73 Å². The van der Waals surface area contributed by atoms with Crippen molar-refractivity contribution >= 4 is 11.9 Å². The summed E-state index contributed by atoms with van der Waals surface area (Å²) in [6.07, 6.45) is 0.174. The molecule has 0 spiro atoms. The molecule has 0 atom stereocenters. The van der Waals surface area contributed by atoms with Crippen LogP contribution in [0.1, 0.15) is 12.8 Å². The lowest BCUT2D eigenvalue weighted by atomic mass is 10.2. The van der Waals surface area contributed by atoms with Gasteiger partial charge < -0.3 is 15.6 Å². The van der Waals surface area contributed by atoms with Gasteiger partial charge in [-0.25, -0.2) is 4.79 Å². The molecule has 0 aromatic heterocycles. The van der Waals surface area contributed by atoms with Crippen LogP contribution < -0.4 is 5.73 Å². The monoisotopic (exact) mass is 187 g/mol. The van der Waals surface area contributed by atoms with E-state index in [1.54, 1.807) is 0 Å². The molecule has 1 amide bonds. The third-order valence-corrected chi connectivity index (χ3v) is 1.21. The molecular weight excluding hydrogens is 174 g/mol. The fraction of sp³-hybridized carbons (Fsp3) is 0.500. The highest BCUT2D eigenvalue weighted by Crippen LogP contribution is 2.00. The van der Waals surface area contributed by atoms with Crippen molar-refractivity contribution in [1.82, 2.24) is 0 Å². The molecule has 0 aliphatic heterocycles. The number of ether oxygens (including phenoxy) is 1. The van der Waals surface area contributed by atoms with Gasteiger partial charge in [-0.05, 0) is 0 Å². The second kappa shape index (κ2) is 6.19. The maximum atomic E-state index is 10.9. The van der Waals surface area contributed by atoms with Crippen molar-refractivity contribution < 1.29 is 19.4 Å². The SMILES string of the molecule is C=C(CC(N)=O)C(=O)OCCCO. The molecule has 13 heavy (non-hydrogen) atoms. The summed E-state index contributed by atoms with van der Waals surface area (Å²) in [6.45, 7) is 3.41. The number of nitrogens with two attached hydrogens (primary N) is 1. The maximum Gasteiger partial charge on any atom is 0.333 e. The van der Waals surface area contributed by atoms with Crippen LogP contribution in [0.4, 0.5) is 0 Å². The van der Waals surface area contributed by atoms with Gasteiger partial charge in [0.2, 0.25) is 5.91 Å². The van der Waals surface area contributed by atoms with Crippen LogP contribution in [0.5, 0.6) is 0 Å². The molecule has 3 N–H and O–H groups in total. The Hall–Kier alpha value is -1.36. The van der Waals surface area contributed by atoms with Crippen LogP contribution in [0.2, 0.25) is 0 Å². The number of carbonyl (C=O) groups is 2. The number of hydrogen-bond donors (Lipinski definition) is 2. The van der Waals surface area contributed by atoms with E-state index in [0.29, 0.717) is 6.42 Å². The van der Waals surface area contributed by atoms with E-state index < -0.39 is 11.9 Å². The molecule has 0 rings (SSSR count). The minimum Gasteiger partial charge on any atom is -0.462 e. The molecule has 0 bridgehead atoms. The van der Waals surface area contributed by atoms with Crippen molar-refractivity contribution in [3.63, 3.8) is 0 Å². The first kappa shape index (κ1) is 11.6. The smallest absolute Gasteiger partial charge is 0.333 e. The highest BCUT2D eigenvalue weighted by molar-refractivity contribution is 5.94. The van der Waals surface area contributed by atoms with E-state index in [-0.39, 0.29) is 25.2 Å². The summed E-state index contributed by atoms with van der Waals surface area (Å²) in [7, 11) is 0. The predicted molar refractivity (Wildman–Crippen MR) is 45.6 cm³/mol. The molecule has 0 saturated heterocycles. The predicted octanol–water partition coefficient (Wildman–Crippen LogP) is -0.656. The van der Waals surface area contributed by atoms with Crippen molar-refractivity contribution in [2.75, 3.05) is 13.2 Å². The Bertz CT molecular complexity index is 212. The van der Waals surface area contributed by atoms with E-state index in [4.69, 9.17) is 10.8 Å². The number of hydrogen-bond acceptors (Lipinski definition) is 4. The van der Waals surface area contributed by atoms with E-state index >= 15 is 0 Å². The Morgan fingerprint density at radius 2 is 2.08 bits per heavy atom. The van der Waals surface area contributed by atoms with Crippen molar-refractivity contribution in [1.29, 1.82) is 0 Å². The Morgan fingerprint density at radius 3 is 2.54 bits per heavy atom. The van der Waals surface area contributed by atoms with Gasteiger partial charge in [0, 0.05) is 18.6 Å². The van der Waals surface area contributed by atoms with Crippen LogP contribution in [0.3, 0.4) is 0 Å². The summed E-state index contributed by atoms with van der Waals surface area (Å²) in [5.41, 5.74) is 4.87. The van der Waals surface area contributed by atoms with E-state index in [1.165, 1.54) is 0 Å². The largest absolute Gasteiger partial charge is 0.462 e. The minimum absolute atomic E-state index is 0.0328. The number of amides is 1. The van der Waals surface area contributed by atoms with Gasteiger partial charge in [0.25, 0.3) is 0 Å². The van der Waals surface area contributed by atoms with Gasteiger partial charge in [-0.15, -0.1) is 0 Å². The standard InChI is InChI=1S/C8H13NO4/c1-6(5-7(9)11)8(12)13-4-2-3-10/h10H,1-5H2,(H2,9,11). The molecule has 0 aromatic carbocycles. The highest BCUT2D eigenvalue weighted by Gasteiger charge is 2.10. The molecule has 74 valence electrons. The Labute approximate surface area is 76.2 Å². The van der Waals surface area contributed by atoms with Gasteiger partial charge in [-0.3, -0.25) is 4.79 Å². The lowest BCUT2D eigenvalue weighted by Crippen LogP contribution is -2.16. The van der Waals surface area contributed by atoms with Crippen LogP contribution in [-0.2, 0) is 14.3 Å². The van der Waals surface area contributed by atoms with Crippen LogP contribution in [-0.4, -0.2) is 30.2 Å². The van der Waals surface area contributed by atoms with Gasteiger partial charge in [0.15, 0.2) is 0 Å². The molecule has 0 fully saturated rings. The number of esters is 1. The summed E-state index contributed by atoms with van der Waals surface area (Å²) in [4.78, 5) is 21.3. The van der Waals surface area contributed by atoms with E-state index in [2.05, 4.69) is 11.3 Å². The van der Waals surface area contributed by atoms with Crippen LogP contribution >= 0.6 is 0 Å². The molecule has 5 heteroatoms. The van der Waals surface area contributed by atoms with Gasteiger partial charge >= 0.3 is 5.97 Å². The minimum atomic E-state index is -0.646. The van der Waals surface area contributed by atoms with Gasteiger partial charge in [0.05, 0.1) is 13.0 Å². The first-order valence-electron chi connectivity index (χ1n) is 3.82. The second-order valence-electron chi connectivity index (χ2n) is 2.46. The van der Waals surface area contributed by atoms with E-state index in [9.17, 15) is 9.59 Å². The lowest BCUT2D eigenvalue weighted by molar-refractivity contribution is -0.140. The highest BCUT2D eigenvalue weighted by atomic mass is 16.5. The number of rotatable bonds is 6. The lowest BCUT2D eigenvalue weighted by Gasteiger charge is -2.03. The van der Waals surface area contributed by atoms with Gasteiger partial charge in [-0.1, -0.05) is 6.58 Å². The average molecular weight is 187 g/mol. The third-order valence-electron chi connectivity index (χ3n) is 1.21. The number of aliphatic hydroxyl groups is 1. The van der Waals surface area contributed by atoms with Crippen LogP contribution in [0, 0.1) is 0 Å². The van der Waals surface area contributed by atoms with Crippen LogP contribution in [0.15, 0.2) is 12.2 Å². The fourth-order valence-electron chi connectivity index (χ4n) is 0.614. The van der Waals surface area contributed by atoms with E-state index in [1.807, 2.05) is 0 Å². The molecule has 0 unspecified atom stereocenters. The summed E-state index contributed by atoms with van der Waals surface area (Å²) in [5.74, 6) is -1.27. The van der Waals surface area contributed by atoms with E-state index in [0.717, 1.165) is 0 Å². The molecule has 0 aliphatic carbocycles. The molecular formula is C8H13NO4. The maximum absolute atomic E-state index is 10.9. The van der Waals surface area contributed by atoms with Gasteiger partial charge in [-0.2, -0.15) is 0 Å². The number of aliphatic hydroxyl groups excluding tert-OH is 1. The Morgan fingerprint density at radius 1 is 1.46 bits per heavy atom. The van der Waals surface area contributed by atoms with Crippen LogP contribution in [0.25, 0.3) is 0 Å². The zero-order valence-corrected chi connectivity index (χ0v) is 7.28. The summed E-state index contributed by atoms with van der Waals surface area (Å²) < 4.78 is 4.64.